The zero-order chi connectivity index (χ0) is 25.5. The van der Waals surface area contributed by atoms with Gasteiger partial charge in [0.25, 0.3) is 5.91 Å². The van der Waals surface area contributed by atoms with Gasteiger partial charge in [0, 0.05) is 30.9 Å². The van der Waals surface area contributed by atoms with Gasteiger partial charge < -0.3 is 20.3 Å². The lowest BCUT2D eigenvalue weighted by atomic mass is 10.0. The van der Waals surface area contributed by atoms with E-state index in [0.29, 0.717) is 36.1 Å². The van der Waals surface area contributed by atoms with Crippen molar-refractivity contribution in [3.05, 3.63) is 90.0 Å². The highest BCUT2D eigenvalue weighted by Gasteiger charge is 2.35. The second-order valence-electron chi connectivity index (χ2n) is 9.22. The first-order valence-corrected chi connectivity index (χ1v) is 12.1. The molecule has 0 unspecified atom stereocenters. The van der Waals surface area contributed by atoms with E-state index in [1.54, 1.807) is 41.3 Å². The maximum atomic E-state index is 12.7. The predicted octanol–water partition coefficient (Wildman–Crippen LogP) is 4.50. The van der Waals surface area contributed by atoms with Crippen LogP contribution in [0.25, 0.3) is 0 Å². The van der Waals surface area contributed by atoms with Crippen LogP contribution in [0, 0.1) is 5.92 Å². The van der Waals surface area contributed by atoms with Gasteiger partial charge in [0.05, 0.1) is 5.92 Å². The Morgan fingerprint density at radius 3 is 2.33 bits per heavy atom. The van der Waals surface area contributed by atoms with E-state index in [2.05, 4.69) is 36.6 Å². The van der Waals surface area contributed by atoms with Crippen molar-refractivity contribution in [2.24, 2.45) is 5.92 Å². The second kappa shape index (κ2) is 11.5. The second-order valence-corrected chi connectivity index (χ2v) is 9.22. The van der Waals surface area contributed by atoms with Gasteiger partial charge in [-0.25, -0.2) is 0 Å². The highest BCUT2D eigenvalue weighted by atomic mass is 16.5. The summed E-state index contributed by atoms with van der Waals surface area (Å²) in [5.74, 6) is 0.112. The minimum absolute atomic E-state index is 0.0904. The summed E-state index contributed by atoms with van der Waals surface area (Å²) in [6.07, 6.45) is 0.177. The third-order valence-electron chi connectivity index (χ3n) is 6.18. The molecule has 7 nitrogen and oxygen atoms in total. The van der Waals surface area contributed by atoms with Gasteiger partial charge in [0.1, 0.15) is 5.75 Å². The van der Waals surface area contributed by atoms with Crippen LogP contribution >= 0.6 is 0 Å². The Balaban J connectivity index is 1.25. The molecule has 4 rings (SSSR count). The lowest BCUT2D eigenvalue weighted by molar-refractivity contribution is -0.126. The lowest BCUT2D eigenvalue weighted by Crippen LogP contribution is -2.32. The fraction of sp³-hybridized carbons (Fsp3) is 0.276. The summed E-state index contributed by atoms with van der Waals surface area (Å²) >= 11 is 0. The van der Waals surface area contributed by atoms with Crippen molar-refractivity contribution in [1.29, 1.82) is 0 Å². The number of nitrogens with zero attached hydrogens (tertiary/aromatic N) is 1. The van der Waals surface area contributed by atoms with Crippen LogP contribution in [0.3, 0.4) is 0 Å². The lowest BCUT2D eigenvalue weighted by Gasteiger charge is -2.17. The first-order chi connectivity index (χ1) is 17.4. The van der Waals surface area contributed by atoms with Gasteiger partial charge in [-0.1, -0.05) is 56.3 Å². The molecule has 0 radical (unpaired) electrons. The molecule has 3 amide bonds. The number of hydrogen-bond donors (Lipinski definition) is 2. The number of para-hydroxylation sites is 1. The van der Waals surface area contributed by atoms with Crippen LogP contribution in [0.1, 0.15) is 37.3 Å². The molecule has 1 atom stereocenters. The number of rotatable bonds is 9. The smallest absolute Gasteiger partial charge is 0.262 e. The fourth-order valence-electron chi connectivity index (χ4n) is 4.08. The Labute approximate surface area is 211 Å². The number of amides is 3. The third-order valence-corrected chi connectivity index (χ3v) is 6.18. The van der Waals surface area contributed by atoms with Gasteiger partial charge >= 0.3 is 0 Å². The van der Waals surface area contributed by atoms with Gasteiger partial charge in [-0.2, -0.15) is 0 Å². The summed E-state index contributed by atoms with van der Waals surface area (Å²) in [7, 11) is 0. The minimum atomic E-state index is -0.398. The van der Waals surface area contributed by atoms with E-state index in [1.807, 2.05) is 30.3 Å². The molecular formula is C29H31N3O4. The van der Waals surface area contributed by atoms with Gasteiger partial charge in [0.2, 0.25) is 11.8 Å². The van der Waals surface area contributed by atoms with Crippen LogP contribution in [-0.2, 0) is 20.9 Å². The van der Waals surface area contributed by atoms with Gasteiger partial charge in [-0.05, 0) is 53.4 Å². The molecule has 186 valence electrons. The van der Waals surface area contributed by atoms with Crippen LogP contribution in [-0.4, -0.2) is 30.9 Å². The molecule has 0 bridgehead atoms. The zero-order valence-corrected chi connectivity index (χ0v) is 20.6. The number of carbonyl (C=O) groups is 3. The summed E-state index contributed by atoms with van der Waals surface area (Å²) in [4.78, 5) is 39.0. The largest absolute Gasteiger partial charge is 0.484 e. The van der Waals surface area contributed by atoms with Crippen LogP contribution in [0.4, 0.5) is 11.4 Å². The molecule has 2 N–H and O–H groups in total. The average Bonchev–Trinajstić information content (AvgIpc) is 3.29. The maximum absolute atomic E-state index is 12.7. The monoisotopic (exact) mass is 485 g/mol. The van der Waals surface area contributed by atoms with Crippen molar-refractivity contribution in [3.8, 4) is 5.75 Å². The van der Waals surface area contributed by atoms with Gasteiger partial charge in [0.15, 0.2) is 6.61 Å². The van der Waals surface area contributed by atoms with Crippen LogP contribution < -0.4 is 20.3 Å². The van der Waals surface area contributed by atoms with E-state index < -0.39 is 5.92 Å². The number of benzene rings is 3. The number of ether oxygens (including phenoxy) is 1. The first kappa shape index (κ1) is 25.0. The van der Waals surface area contributed by atoms with Crippen molar-refractivity contribution >= 4 is 29.1 Å². The van der Waals surface area contributed by atoms with Crippen molar-refractivity contribution < 1.29 is 19.1 Å². The fourth-order valence-corrected chi connectivity index (χ4v) is 4.08. The SMILES string of the molecule is CC(C)c1ccc(CNC(=O)[C@H]2CC(=O)N(c3ccc(OCC(=O)Nc4ccccc4)cc3)C2)cc1. The highest BCUT2D eigenvalue weighted by molar-refractivity contribution is 6.00. The number of carbonyl (C=O) groups excluding carboxylic acids is 3. The molecule has 7 heteroatoms. The molecule has 1 aliphatic rings. The first-order valence-electron chi connectivity index (χ1n) is 12.1. The predicted molar refractivity (Wildman–Crippen MR) is 140 cm³/mol. The van der Waals surface area contributed by atoms with Crippen LogP contribution in [0.5, 0.6) is 5.75 Å². The van der Waals surface area contributed by atoms with E-state index in [0.717, 1.165) is 5.56 Å². The summed E-state index contributed by atoms with van der Waals surface area (Å²) in [6, 6.07) is 24.3. The molecular weight excluding hydrogens is 454 g/mol. The zero-order valence-electron chi connectivity index (χ0n) is 20.6. The van der Waals surface area contributed by atoms with Gasteiger partial charge in [-0.3, -0.25) is 14.4 Å². The molecule has 0 saturated carbocycles. The average molecular weight is 486 g/mol. The molecule has 36 heavy (non-hydrogen) atoms. The number of hydrogen-bond acceptors (Lipinski definition) is 4. The Morgan fingerprint density at radius 1 is 0.972 bits per heavy atom. The van der Waals surface area contributed by atoms with Crippen molar-refractivity contribution in [2.45, 2.75) is 32.7 Å². The summed E-state index contributed by atoms with van der Waals surface area (Å²) in [5.41, 5.74) is 3.69. The van der Waals surface area contributed by atoms with Crippen molar-refractivity contribution in [1.82, 2.24) is 5.32 Å². The third kappa shape index (κ3) is 6.50. The molecule has 0 spiro atoms. The molecule has 3 aromatic carbocycles. The van der Waals surface area contributed by atoms with Gasteiger partial charge in [-0.15, -0.1) is 0 Å². The van der Waals surface area contributed by atoms with Crippen LogP contribution in [0.2, 0.25) is 0 Å². The quantitative estimate of drug-likeness (QED) is 0.467. The normalized spacial score (nSPS) is 15.1. The Hall–Kier alpha value is -4.13. The van der Waals surface area contributed by atoms with E-state index >= 15 is 0 Å². The van der Waals surface area contributed by atoms with E-state index in [4.69, 9.17) is 4.74 Å². The molecule has 1 saturated heterocycles. The molecule has 1 heterocycles. The van der Waals surface area contributed by atoms with Crippen LogP contribution in [0.15, 0.2) is 78.9 Å². The van der Waals surface area contributed by atoms with E-state index in [-0.39, 0.29) is 30.7 Å². The van der Waals surface area contributed by atoms with Crippen molar-refractivity contribution in [2.75, 3.05) is 23.4 Å². The minimum Gasteiger partial charge on any atom is -0.484 e. The Bertz CT molecular complexity index is 1190. The maximum Gasteiger partial charge on any atom is 0.262 e. The molecule has 1 fully saturated rings. The Morgan fingerprint density at radius 2 is 1.67 bits per heavy atom. The van der Waals surface area contributed by atoms with E-state index in [1.165, 1.54) is 5.56 Å². The summed E-state index contributed by atoms with van der Waals surface area (Å²) < 4.78 is 5.56. The molecule has 1 aliphatic heterocycles. The summed E-state index contributed by atoms with van der Waals surface area (Å²) in [6.45, 7) is 4.93. The van der Waals surface area contributed by atoms with Crippen molar-refractivity contribution in [3.63, 3.8) is 0 Å². The molecule has 0 aliphatic carbocycles. The Kier molecular flexibility index (Phi) is 8.00. The summed E-state index contributed by atoms with van der Waals surface area (Å²) in [5, 5.41) is 5.72. The van der Waals surface area contributed by atoms with E-state index in [9.17, 15) is 14.4 Å². The molecule has 3 aromatic rings. The standard InChI is InChI=1S/C29H31N3O4/c1-20(2)22-10-8-21(9-11-22)17-30-29(35)23-16-28(34)32(18-23)25-12-14-26(15-13-25)36-19-27(33)31-24-6-4-3-5-7-24/h3-15,20,23H,16-19H2,1-2H3,(H,30,35)(H,31,33)/t23-/m0/s1. The number of anilines is 2. The highest BCUT2D eigenvalue weighted by Crippen LogP contribution is 2.27. The topological polar surface area (TPSA) is 87.7 Å². The molecule has 0 aromatic heterocycles. The number of nitrogens with one attached hydrogen (secondary N) is 2.